The SMILES string of the molecule is CC.CC.CC12CCC3c4ccccc4CCC3C1C(CCCO)CC2O. The average molecular weight is 375 g/mol. The maximum Gasteiger partial charge on any atom is 0.0599 e. The zero-order valence-corrected chi connectivity index (χ0v) is 18.2. The van der Waals surface area contributed by atoms with E-state index < -0.39 is 0 Å². The Morgan fingerprint density at radius 1 is 1.07 bits per heavy atom. The molecular formula is C25H42O2. The van der Waals surface area contributed by atoms with Crippen LogP contribution in [0.1, 0.15) is 90.2 Å². The normalized spacial score (nSPS) is 36.2. The molecule has 6 unspecified atom stereocenters. The van der Waals surface area contributed by atoms with Gasteiger partial charge in [-0.1, -0.05) is 58.9 Å². The Labute approximate surface area is 167 Å². The van der Waals surface area contributed by atoms with E-state index in [0.717, 1.165) is 31.6 Å². The van der Waals surface area contributed by atoms with Crippen molar-refractivity contribution >= 4 is 0 Å². The summed E-state index contributed by atoms with van der Waals surface area (Å²) in [4.78, 5) is 0. The minimum Gasteiger partial charge on any atom is -0.396 e. The zero-order valence-electron chi connectivity index (χ0n) is 18.2. The summed E-state index contributed by atoms with van der Waals surface area (Å²) in [5.41, 5.74) is 3.25. The predicted octanol–water partition coefficient (Wildman–Crippen LogP) is 5.95. The highest BCUT2D eigenvalue weighted by atomic mass is 16.3. The molecule has 27 heavy (non-hydrogen) atoms. The first-order valence-electron chi connectivity index (χ1n) is 11.5. The van der Waals surface area contributed by atoms with Crippen LogP contribution < -0.4 is 0 Å². The third kappa shape index (κ3) is 4.12. The number of aliphatic hydroxyl groups is 2. The molecule has 1 aromatic carbocycles. The molecule has 0 spiro atoms. The third-order valence-electron chi connectivity index (χ3n) is 7.46. The molecule has 0 heterocycles. The van der Waals surface area contributed by atoms with Gasteiger partial charge in [0.1, 0.15) is 0 Å². The van der Waals surface area contributed by atoms with Crippen LogP contribution in [0, 0.1) is 23.2 Å². The Morgan fingerprint density at radius 2 is 1.78 bits per heavy atom. The van der Waals surface area contributed by atoms with E-state index >= 15 is 0 Å². The van der Waals surface area contributed by atoms with Crippen molar-refractivity contribution in [3.05, 3.63) is 35.4 Å². The molecule has 4 rings (SSSR count). The molecule has 6 atom stereocenters. The topological polar surface area (TPSA) is 40.5 Å². The first-order valence-corrected chi connectivity index (χ1v) is 11.5. The predicted molar refractivity (Wildman–Crippen MR) is 115 cm³/mol. The Hall–Kier alpha value is -0.860. The van der Waals surface area contributed by atoms with Crippen LogP contribution in [0.5, 0.6) is 0 Å². The summed E-state index contributed by atoms with van der Waals surface area (Å²) in [6.45, 7) is 10.6. The van der Waals surface area contributed by atoms with Crippen LogP contribution in [0.15, 0.2) is 24.3 Å². The molecule has 1 aromatic rings. The molecule has 0 bridgehead atoms. The lowest BCUT2D eigenvalue weighted by Crippen LogP contribution is -2.45. The number of aliphatic hydroxyl groups excluding tert-OH is 2. The summed E-state index contributed by atoms with van der Waals surface area (Å²) in [5, 5.41) is 20.0. The van der Waals surface area contributed by atoms with E-state index in [1.54, 1.807) is 11.1 Å². The van der Waals surface area contributed by atoms with Gasteiger partial charge in [-0.25, -0.2) is 0 Å². The molecule has 0 amide bonds. The zero-order chi connectivity index (χ0) is 20.0. The maximum absolute atomic E-state index is 10.8. The van der Waals surface area contributed by atoms with E-state index in [4.69, 9.17) is 0 Å². The van der Waals surface area contributed by atoms with Crippen LogP contribution in [-0.4, -0.2) is 22.9 Å². The second-order valence-electron chi connectivity index (χ2n) is 8.46. The fraction of sp³-hybridized carbons (Fsp3) is 0.760. The minimum atomic E-state index is -0.144. The van der Waals surface area contributed by atoms with Crippen LogP contribution in [0.4, 0.5) is 0 Å². The number of benzene rings is 1. The summed E-state index contributed by atoms with van der Waals surface area (Å²) in [6.07, 6.45) is 7.65. The van der Waals surface area contributed by atoms with Gasteiger partial charge in [0.25, 0.3) is 0 Å². The van der Waals surface area contributed by atoms with Crippen molar-refractivity contribution in [3.63, 3.8) is 0 Å². The average Bonchev–Trinajstić information content (AvgIpc) is 2.99. The van der Waals surface area contributed by atoms with Crippen LogP contribution in [0.2, 0.25) is 0 Å². The maximum atomic E-state index is 10.8. The molecule has 3 aliphatic carbocycles. The molecule has 2 heteroatoms. The van der Waals surface area contributed by atoms with E-state index in [1.165, 1.54) is 19.3 Å². The third-order valence-corrected chi connectivity index (χ3v) is 7.46. The van der Waals surface area contributed by atoms with E-state index in [-0.39, 0.29) is 18.1 Å². The standard InChI is InChI=1S/C21H30O2.2C2H6/c1-21-11-10-17-16-7-3-2-5-14(16)8-9-18(17)20(21)15(6-4-12-22)13-19(21)23;2*1-2/h2-3,5,7,15,17-20,22-23H,4,6,8-13H2,1H3;2*1-2H3. The van der Waals surface area contributed by atoms with Crippen LogP contribution in [0.25, 0.3) is 0 Å². The Morgan fingerprint density at radius 3 is 2.48 bits per heavy atom. The molecule has 0 saturated heterocycles. The van der Waals surface area contributed by atoms with Crippen molar-refractivity contribution in [1.82, 2.24) is 0 Å². The summed E-state index contributed by atoms with van der Waals surface area (Å²) >= 11 is 0. The van der Waals surface area contributed by atoms with Crippen molar-refractivity contribution in [2.45, 2.75) is 91.6 Å². The molecule has 2 saturated carbocycles. The van der Waals surface area contributed by atoms with Gasteiger partial charge in [0.2, 0.25) is 0 Å². The van der Waals surface area contributed by atoms with Crippen molar-refractivity contribution in [3.8, 4) is 0 Å². The number of fused-ring (bicyclic) bond motifs is 5. The van der Waals surface area contributed by atoms with Crippen molar-refractivity contribution in [2.24, 2.45) is 23.2 Å². The molecule has 0 aromatic heterocycles. The first kappa shape index (κ1) is 22.4. The van der Waals surface area contributed by atoms with Gasteiger partial charge in [-0.2, -0.15) is 0 Å². The molecule has 0 radical (unpaired) electrons. The summed E-state index contributed by atoms with van der Waals surface area (Å²) in [6, 6.07) is 9.03. The Balaban J connectivity index is 0.000000614. The van der Waals surface area contributed by atoms with Gasteiger partial charge in [-0.3, -0.25) is 0 Å². The van der Waals surface area contributed by atoms with Crippen LogP contribution in [0.3, 0.4) is 0 Å². The van der Waals surface area contributed by atoms with Crippen molar-refractivity contribution in [1.29, 1.82) is 0 Å². The van der Waals surface area contributed by atoms with Crippen LogP contribution >= 0.6 is 0 Å². The van der Waals surface area contributed by atoms with Gasteiger partial charge in [0.05, 0.1) is 6.10 Å². The summed E-state index contributed by atoms with van der Waals surface area (Å²) in [7, 11) is 0. The molecule has 2 N–H and O–H groups in total. The lowest BCUT2D eigenvalue weighted by Gasteiger charge is -2.51. The highest BCUT2D eigenvalue weighted by molar-refractivity contribution is 5.35. The van der Waals surface area contributed by atoms with Gasteiger partial charge < -0.3 is 10.2 Å². The van der Waals surface area contributed by atoms with Crippen molar-refractivity contribution in [2.75, 3.05) is 6.61 Å². The largest absolute Gasteiger partial charge is 0.396 e. The van der Waals surface area contributed by atoms with E-state index in [1.807, 2.05) is 27.7 Å². The molecule has 154 valence electrons. The lowest BCUT2D eigenvalue weighted by molar-refractivity contribution is -0.0307. The smallest absolute Gasteiger partial charge is 0.0599 e. The molecule has 3 aliphatic rings. The fourth-order valence-corrected chi connectivity index (χ4v) is 6.43. The monoisotopic (exact) mass is 374 g/mol. The summed E-state index contributed by atoms with van der Waals surface area (Å²) < 4.78 is 0. The van der Waals surface area contributed by atoms with Gasteiger partial charge in [0, 0.05) is 6.61 Å². The van der Waals surface area contributed by atoms with Gasteiger partial charge in [-0.15, -0.1) is 0 Å². The van der Waals surface area contributed by atoms with Gasteiger partial charge in [-0.05, 0) is 85.2 Å². The number of hydrogen-bond donors (Lipinski definition) is 2. The Kier molecular flexibility index (Phi) is 8.37. The fourth-order valence-electron chi connectivity index (χ4n) is 6.43. The summed E-state index contributed by atoms with van der Waals surface area (Å²) in [5.74, 6) is 2.65. The van der Waals surface area contributed by atoms with E-state index in [9.17, 15) is 10.2 Å². The number of aryl methyl sites for hydroxylation is 1. The number of rotatable bonds is 3. The Bertz CT molecular complexity index is 569. The lowest BCUT2D eigenvalue weighted by atomic mass is 9.54. The molecular weight excluding hydrogens is 332 g/mol. The quantitative estimate of drug-likeness (QED) is 0.686. The van der Waals surface area contributed by atoms with Gasteiger partial charge >= 0.3 is 0 Å². The highest BCUT2D eigenvalue weighted by Gasteiger charge is 2.57. The molecule has 2 fully saturated rings. The highest BCUT2D eigenvalue weighted by Crippen LogP contribution is 2.63. The number of hydrogen-bond acceptors (Lipinski definition) is 2. The molecule has 0 aliphatic heterocycles. The second kappa shape index (κ2) is 10.1. The van der Waals surface area contributed by atoms with Crippen molar-refractivity contribution < 1.29 is 10.2 Å². The molecule has 2 nitrogen and oxygen atoms in total. The van der Waals surface area contributed by atoms with E-state index in [2.05, 4.69) is 31.2 Å². The minimum absolute atomic E-state index is 0.105. The first-order chi connectivity index (χ1) is 13.1. The second-order valence-corrected chi connectivity index (χ2v) is 8.46. The van der Waals surface area contributed by atoms with Gasteiger partial charge in [0.15, 0.2) is 0 Å². The van der Waals surface area contributed by atoms with E-state index in [0.29, 0.717) is 17.8 Å². The van der Waals surface area contributed by atoms with Crippen LogP contribution in [-0.2, 0) is 6.42 Å².